The highest BCUT2D eigenvalue weighted by molar-refractivity contribution is 5.93. The van der Waals surface area contributed by atoms with E-state index in [1.807, 2.05) is 25.8 Å². The molecule has 7 heteroatoms. The first-order valence-corrected chi connectivity index (χ1v) is 7.25. The molecule has 2 aromatic heterocycles. The Morgan fingerprint density at radius 3 is 2.65 bits per heavy atom. The Labute approximate surface area is 133 Å². The number of nitrogens with zero attached hydrogens (tertiary/aromatic N) is 4. The fraction of sp³-hybridized carbons (Fsp3) is 0.250. The minimum Gasteiger partial charge on any atom is -0.478 e. The fourth-order valence-electron chi connectivity index (χ4n) is 2.22. The Morgan fingerprint density at radius 1 is 1.26 bits per heavy atom. The molecule has 1 aromatic carbocycles. The number of nitrogens with one attached hydrogen (secondary N) is 1. The van der Waals surface area contributed by atoms with Crippen molar-refractivity contribution in [3.63, 3.8) is 0 Å². The van der Waals surface area contributed by atoms with Gasteiger partial charge in [0.1, 0.15) is 5.69 Å². The molecule has 0 aliphatic rings. The predicted octanol–water partition coefficient (Wildman–Crippen LogP) is 2.56. The van der Waals surface area contributed by atoms with Gasteiger partial charge in [0.15, 0.2) is 11.6 Å². The van der Waals surface area contributed by atoms with Crippen LogP contribution in [-0.2, 0) is 0 Å². The average molecular weight is 311 g/mol. The lowest BCUT2D eigenvalue weighted by Crippen LogP contribution is -2.27. The number of hydrogen-bond acceptors (Lipinski definition) is 5. The molecule has 0 aliphatic heterocycles. The molecule has 0 atom stereocenters. The molecule has 0 amide bonds. The van der Waals surface area contributed by atoms with E-state index in [1.165, 1.54) is 12.1 Å². The zero-order valence-electron chi connectivity index (χ0n) is 13.1. The smallest absolute Gasteiger partial charge is 0.335 e. The molecule has 2 N–H and O–H groups in total. The number of aromatic carboxylic acids is 1. The quantitative estimate of drug-likeness (QED) is 0.769. The second kappa shape index (κ2) is 5.68. The van der Waals surface area contributed by atoms with Crippen molar-refractivity contribution in [2.45, 2.75) is 19.9 Å². The first-order valence-electron chi connectivity index (χ1n) is 7.25. The molecule has 2 heterocycles. The monoisotopic (exact) mass is 311 g/mol. The van der Waals surface area contributed by atoms with Gasteiger partial charge in [0, 0.05) is 25.5 Å². The molecule has 23 heavy (non-hydrogen) atoms. The van der Waals surface area contributed by atoms with E-state index < -0.39 is 5.97 Å². The van der Waals surface area contributed by atoms with E-state index in [9.17, 15) is 4.79 Å². The van der Waals surface area contributed by atoms with Gasteiger partial charge < -0.3 is 15.0 Å². The summed E-state index contributed by atoms with van der Waals surface area (Å²) in [5.74, 6) is 0.303. The summed E-state index contributed by atoms with van der Waals surface area (Å²) in [6, 6.07) is 4.93. The third kappa shape index (κ3) is 2.73. The summed E-state index contributed by atoms with van der Waals surface area (Å²) in [6.45, 7) is 4.09. The molecule has 0 fully saturated rings. The Balaban J connectivity index is 2.26. The second-order valence-electron chi connectivity index (χ2n) is 5.55. The van der Waals surface area contributed by atoms with Gasteiger partial charge >= 0.3 is 5.97 Å². The molecule has 0 saturated carbocycles. The minimum absolute atomic E-state index is 0.190. The maximum atomic E-state index is 11.2. The molecule has 3 aromatic rings. The van der Waals surface area contributed by atoms with Crippen molar-refractivity contribution >= 4 is 22.8 Å². The largest absolute Gasteiger partial charge is 0.478 e. The predicted molar refractivity (Wildman–Crippen MR) is 87.6 cm³/mol. The summed E-state index contributed by atoms with van der Waals surface area (Å²) in [7, 11) is 1.92. The molecule has 7 nitrogen and oxygen atoms in total. The Kier molecular flexibility index (Phi) is 3.69. The van der Waals surface area contributed by atoms with E-state index in [4.69, 9.17) is 5.11 Å². The lowest BCUT2D eigenvalue weighted by molar-refractivity contribution is 0.0697. The number of aromatic nitrogens is 4. The van der Waals surface area contributed by atoms with Crippen LogP contribution in [0.25, 0.3) is 22.6 Å². The summed E-state index contributed by atoms with van der Waals surface area (Å²) in [5, 5.41) is 9.14. The van der Waals surface area contributed by atoms with Crippen LogP contribution in [-0.4, -0.2) is 44.1 Å². The van der Waals surface area contributed by atoms with Gasteiger partial charge in [-0.25, -0.2) is 19.7 Å². The zero-order chi connectivity index (χ0) is 16.6. The first kappa shape index (κ1) is 15.0. The average Bonchev–Trinajstić information content (AvgIpc) is 3.06. The molecule has 0 spiro atoms. The maximum absolute atomic E-state index is 11.2. The lowest BCUT2D eigenvalue weighted by Gasteiger charge is -2.24. The molecule has 0 radical (unpaired) electrons. The van der Waals surface area contributed by atoms with Crippen LogP contribution >= 0.6 is 0 Å². The van der Waals surface area contributed by atoms with Crippen LogP contribution in [0.15, 0.2) is 30.6 Å². The number of hydrogen-bond donors (Lipinski definition) is 2. The fourth-order valence-corrected chi connectivity index (χ4v) is 2.22. The number of benzene rings is 1. The summed E-state index contributed by atoms with van der Waals surface area (Å²) >= 11 is 0. The highest BCUT2D eigenvalue weighted by atomic mass is 16.4. The third-order valence-corrected chi connectivity index (χ3v) is 3.72. The highest BCUT2D eigenvalue weighted by Gasteiger charge is 2.18. The topological polar surface area (TPSA) is 95.0 Å². The first-order chi connectivity index (χ1) is 11.0. The summed E-state index contributed by atoms with van der Waals surface area (Å²) in [6.07, 6.45) is 3.39. The van der Waals surface area contributed by atoms with E-state index in [1.54, 1.807) is 18.5 Å². The zero-order valence-corrected chi connectivity index (χ0v) is 13.1. The summed E-state index contributed by atoms with van der Waals surface area (Å²) in [5.41, 5.74) is 2.00. The third-order valence-electron chi connectivity index (χ3n) is 3.72. The number of anilines is 1. The van der Waals surface area contributed by atoms with Crippen molar-refractivity contribution in [3.05, 3.63) is 36.2 Å². The number of carbonyl (C=O) groups is 1. The van der Waals surface area contributed by atoms with Gasteiger partial charge in [-0.1, -0.05) is 0 Å². The van der Waals surface area contributed by atoms with Gasteiger partial charge in [-0.05, 0) is 32.0 Å². The van der Waals surface area contributed by atoms with E-state index in [-0.39, 0.29) is 11.6 Å². The molecular weight excluding hydrogens is 294 g/mol. The normalized spacial score (nSPS) is 11.1. The molecule has 0 saturated heterocycles. The number of aromatic amines is 1. The Bertz CT molecular complexity index is 858. The van der Waals surface area contributed by atoms with Crippen molar-refractivity contribution in [1.29, 1.82) is 0 Å². The summed E-state index contributed by atoms with van der Waals surface area (Å²) < 4.78 is 0. The van der Waals surface area contributed by atoms with Crippen LogP contribution in [0.4, 0.5) is 5.82 Å². The van der Waals surface area contributed by atoms with Gasteiger partial charge in [-0.3, -0.25) is 0 Å². The molecule has 118 valence electrons. The number of carboxylic acid groups (broad SMARTS) is 1. The molecule has 0 unspecified atom stereocenters. The minimum atomic E-state index is -0.984. The number of imidazole rings is 1. The van der Waals surface area contributed by atoms with Gasteiger partial charge in [-0.15, -0.1) is 0 Å². The van der Waals surface area contributed by atoms with Crippen LogP contribution in [0.1, 0.15) is 24.2 Å². The molecule has 0 aliphatic carbocycles. The SMILES string of the molecule is CC(C)N(C)c1nc2cc(C(=O)O)ccc2nc1-c1ncc[nH]1. The number of carboxylic acids is 1. The summed E-state index contributed by atoms with van der Waals surface area (Å²) in [4.78, 5) is 29.7. The number of H-pyrrole nitrogens is 1. The van der Waals surface area contributed by atoms with Crippen molar-refractivity contribution in [1.82, 2.24) is 19.9 Å². The van der Waals surface area contributed by atoms with Gasteiger partial charge in [-0.2, -0.15) is 0 Å². The maximum Gasteiger partial charge on any atom is 0.335 e. The lowest BCUT2D eigenvalue weighted by atomic mass is 10.2. The van der Waals surface area contributed by atoms with Crippen LogP contribution in [0, 0.1) is 0 Å². The second-order valence-corrected chi connectivity index (χ2v) is 5.55. The van der Waals surface area contributed by atoms with E-state index in [0.717, 1.165) is 0 Å². The Hall–Kier alpha value is -2.96. The van der Waals surface area contributed by atoms with Crippen LogP contribution in [0.3, 0.4) is 0 Å². The number of fused-ring (bicyclic) bond motifs is 1. The van der Waals surface area contributed by atoms with Crippen molar-refractivity contribution in [3.8, 4) is 11.5 Å². The van der Waals surface area contributed by atoms with E-state index in [0.29, 0.717) is 28.4 Å². The number of rotatable bonds is 4. The van der Waals surface area contributed by atoms with Crippen LogP contribution in [0.5, 0.6) is 0 Å². The van der Waals surface area contributed by atoms with Crippen LogP contribution < -0.4 is 4.90 Å². The standard InChI is InChI=1S/C16H17N5O2/c1-9(2)21(3)15-13(14-17-6-7-18-14)19-11-5-4-10(16(22)23)8-12(11)20-15/h4-9H,1-3H3,(H,17,18)(H,22,23). The Morgan fingerprint density at radius 2 is 2.04 bits per heavy atom. The molecular formula is C16H17N5O2. The highest BCUT2D eigenvalue weighted by Crippen LogP contribution is 2.28. The van der Waals surface area contributed by atoms with Gasteiger partial charge in [0.25, 0.3) is 0 Å². The molecule has 0 bridgehead atoms. The van der Waals surface area contributed by atoms with Gasteiger partial charge in [0.2, 0.25) is 0 Å². The molecule has 3 rings (SSSR count). The van der Waals surface area contributed by atoms with Crippen molar-refractivity contribution in [2.75, 3.05) is 11.9 Å². The van der Waals surface area contributed by atoms with Crippen molar-refractivity contribution < 1.29 is 9.90 Å². The van der Waals surface area contributed by atoms with Gasteiger partial charge in [0.05, 0.1) is 16.6 Å². The van der Waals surface area contributed by atoms with Crippen molar-refractivity contribution in [2.24, 2.45) is 0 Å². The van der Waals surface area contributed by atoms with E-state index >= 15 is 0 Å². The van der Waals surface area contributed by atoms with Crippen LogP contribution in [0.2, 0.25) is 0 Å². The van der Waals surface area contributed by atoms with E-state index in [2.05, 4.69) is 19.9 Å².